The molecule has 0 bridgehead atoms. The largest absolute Gasteiger partial charge is 0.492 e. The molecule has 37 heavy (non-hydrogen) atoms. The zero-order valence-electron chi connectivity index (χ0n) is 21.0. The number of anilines is 2. The maximum atomic E-state index is 11.4. The molecule has 2 aromatic heterocycles. The first-order chi connectivity index (χ1) is 18.0. The summed E-state index contributed by atoms with van der Waals surface area (Å²) < 4.78 is 13.9. The molecule has 0 unspecified atom stereocenters. The highest BCUT2D eigenvalue weighted by molar-refractivity contribution is 5.91. The number of ether oxygens (including phenoxy) is 2. The van der Waals surface area contributed by atoms with Crippen LogP contribution in [0.1, 0.15) is 18.9 Å². The third kappa shape index (κ3) is 5.45. The highest BCUT2D eigenvalue weighted by Crippen LogP contribution is 2.31. The fourth-order valence-electron chi connectivity index (χ4n) is 3.99. The quantitative estimate of drug-likeness (QED) is 0.268. The fraction of sp³-hybridized carbons (Fsp3) is 0.214. The van der Waals surface area contributed by atoms with Crippen molar-refractivity contribution in [3.63, 3.8) is 0 Å². The van der Waals surface area contributed by atoms with E-state index in [0.717, 1.165) is 44.7 Å². The minimum Gasteiger partial charge on any atom is -0.492 e. The average Bonchev–Trinajstić information content (AvgIpc) is 3.28. The fourth-order valence-corrected chi connectivity index (χ4v) is 3.99. The van der Waals surface area contributed by atoms with Gasteiger partial charge in [0, 0.05) is 30.6 Å². The summed E-state index contributed by atoms with van der Waals surface area (Å²) in [4.78, 5) is 24.6. The standard InChI is InChI=1S/C28H28N6O3/c1-4-27(35)29-11-12-36-20-6-8-23-22(14-20)28(31-16-30-23)33-19-5-10-26(18(2)13-19)37-21-7-9-25-24(15-21)32-17-34(25)3/h5-10,13-17H,4,11-12H2,1-3H3,(H,29,35)(H,30,31,33). The Morgan fingerprint density at radius 1 is 0.973 bits per heavy atom. The molecule has 9 nitrogen and oxygen atoms in total. The van der Waals surface area contributed by atoms with E-state index in [1.807, 2.05) is 80.1 Å². The molecule has 188 valence electrons. The third-order valence-electron chi connectivity index (χ3n) is 5.98. The number of nitrogens with one attached hydrogen (secondary N) is 2. The van der Waals surface area contributed by atoms with Crippen LogP contribution in [0.2, 0.25) is 0 Å². The first-order valence-corrected chi connectivity index (χ1v) is 12.1. The average molecular weight is 497 g/mol. The number of aryl methyl sites for hydroxylation is 2. The topological polar surface area (TPSA) is 103 Å². The number of fused-ring (bicyclic) bond motifs is 2. The molecule has 9 heteroatoms. The summed E-state index contributed by atoms with van der Waals surface area (Å²) in [6.07, 6.45) is 3.78. The number of hydrogen-bond acceptors (Lipinski definition) is 7. The number of rotatable bonds is 9. The van der Waals surface area contributed by atoms with E-state index in [0.29, 0.717) is 31.1 Å². The molecule has 0 saturated heterocycles. The van der Waals surface area contributed by atoms with Gasteiger partial charge in [0.05, 0.1) is 29.4 Å². The monoisotopic (exact) mass is 496 g/mol. The smallest absolute Gasteiger partial charge is 0.219 e. The van der Waals surface area contributed by atoms with Gasteiger partial charge in [-0.15, -0.1) is 0 Å². The number of carbonyl (C=O) groups is 1. The summed E-state index contributed by atoms with van der Waals surface area (Å²) >= 11 is 0. The molecule has 5 rings (SSSR count). The van der Waals surface area contributed by atoms with Gasteiger partial charge in [-0.1, -0.05) is 6.92 Å². The van der Waals surface area contributed by atoms with Crippen LogP contribution >= 0.6 is 0 Å². The Morgan fingerprint density at radius 3 is 2.68 bits per heavy atom. The van der Waals surface area contributed by atoms with Crippen molar-refractivity contribution in [2.24, 2.45) is 7.05 Å². The molecule has 2 N–H and O–H groups in total. The highest BCUT2D eigenvalue weighted by Gasteiger charge is 2.10. The number of nitrogens with zero attached hydrogens (tertiary/aromatic N) is 4. The Morgan fingerprint density at radius 2 is 1.84 bits per heavy atom. The van der Waals surface area contributed by atoms with Crippen LogP contribution in [0.4, 0.5) is 11.5 Å². The normalized spacial score (nSPS) is 11.0. The molecule has 0 fully saturated rings. The second-order valence-corrected chi connectivity index (χ2v) is 8.67. The molecule has 0 spiro atoms. The first-order valence-electron chi connectivity index (χ1n) is 12.1. The van der Waals surface area contributed by atoms with Crippen LogP contribution in [0.25, 0.3) is 21.9 Å². The van der Waals surface area contributed by atoms with E-state index in [2.05, 4.69) is 25.6 Å². The van der Waals surface area contributed by atoms with Crippen molar-refractivity contribution < 1.29 is 14.3 Å². The Labute approximate surface area is 214 Å². The van der Waals surface area contributed by atoms with Crippen molar-refractivity contribution in [1.82, 2.24) is 24.8 Å². The van der Waals surface area contributed by atoms with E-state index >= 15 is 0 Å². The third-order valence-corrected chi connectivity index (χ3v) is 5.98. The van der Waals surface area contributed by atoms with Gasteiger partial charge in [0.25, 0.3) is 0 Å². The van der Waals surface area contributed by atoms with Gasteiger partial charge in [0.2, 0.25) is 5.91 Å². The van der Waals surface area contributed by atoms with Gasteiger partial charge < -0.3 is 24.7 Å². The van der Waals surface area contributed by atoms with E-state index in [1.54, 1.807) is 6.33 Å². The van der Waals surface area contributed by atoms with E-state index in [-0.39, 0.29) is 5.91 Å². The lowest BCUT2D eigenvalue weighted by molar-refractivity contribution is -0.120. The SMILES string of the molecule is CCC(=O)NCCOc1ccc2ncnc(Nc3ccc(Oc4ccc5c(c4)ncn5C)c(C)c3)c2c1. The van der Waals surface area contributed by atoms with E-state index < -0.39 is 0 Å². The molecule has 0 saturated carbocycles. The number of amides is 1. The molecule has 0 atom stereocenters. The Kier molecular flexibility index (Phi) is 6.85. The maximum absolute atomic E-state index is 11.4. The Hall–Kier alpha value is -4.66. The first kappa shape index (κ1) is 24.1. The van der Waals surface area contributed by atoms with Crippen molar-refractivity contribution in [2.75, 3.05) is 18.5 Å². The lowest BCUT2D eigenvalue weighted by Crippen LogP contribution is -2.27. The predicted molar refractivity (Wildman–Crippen MR) is 144 cm³/mol. The van der Waals surface area contributed by atoms with Crippen LogP contribution < -0.4 is 20.1 Å². The number of carbonyl (C=O) groups excluding carboxylic acids is 1. The molecule has 0 aliphatic heterocycles. The molecule has 3 aromatic carbocycles. The van der Waals surface area contributed by atoms with Crippen molar-refractivity contribution in [3.05, 3.63) is 72.8 Å². The molecular formula is C28H28N6O3. The van der Waals surface area contributed by atoms with Crippen molar-refractivity contribution in [1.29, 1.82) is 0 Å². The van der Waals surface area contributed by atoms with Crippen LogP contribution in [0, 0.1) is 6.92 Å². The molecular weight excluding hydrogens is 468 g/mol. The van der Waals surface area contributed by atoms with Gasteiger partial charge in [-0.2, -0.15) is 0 Å². The van der Waals surface area contributed by atoms with Gasteiger partial charge in [0.1, 0.15) is 36.0 Å². The van der Waals surface area contributed by atoms with Crippen LogP contribution in [0.3, 0.4) is 0 Å². The summed E-state index contributed by atoms with van der Waals surface area (Å²) in [7, 11) is 1.97. The van der Waals surface area contributed by atoms with Gasteiger partial charge in [-0.05, 0) is 61.0 Å². The molecule has 0 aliphatic carbocycles. The minimum atomic E-state index is 0.00276. The van der Waals surface area contributed by atoms with Gasteiger partial charge in [-0.3, -0.25) is 4.79 Å². The summed E-state index contributed by atoms with van der Waals surface area (Å²) in [6.45, 7) is 4.64. The lowest BCUT2D eigenvalue weighted by atomic mass is 10.2. The van der Waals surface area contributed by atoms with Crippen LogP contribution in [0.15, 0.2) is 67.3 Å². The second-order valence-electron chi connectivity index (χ2n) is 8.67. The van der Waals surface area contributed by atoms with Gasteiger partial charge >= 0.3 is 0 Å². The van der Waals surface area contributed by atoms with Gasteiger partial charge in [-0.25, -0.2) is 15.0 Å². The summed E-state index contributed by atoms with van der Waals surface area (Å²) in [5.74, 6) is 2.85. The maximum Gasteiger partial charge on any atom is 0.219 e. The second kappa shape index (κ2) is 10.5. The van der Waals surface area contributed by atoms with Crippen LogP contribution in [-0.4, -0.2) is 38.6 Å². The predicted octanol–water partition coefficient (Wildman–Crippen LogP) is 5.27. The number of imidazole rings is 1. The van der Waals surface area contributed by atoms with Crippen molar-refractivity contribution in [2.45, 2.75) is 20.3 Å². The summed E-state index contributed by atoms with van der Waals surface area (Å²) in [5.41, 5.74) is 4.59. The minimum absolute atomic E-state index is 0.00276. The number of hydrogen-bond donors (Lipinski definition) is 2. The molecule has 2 heterocycles. The highest BCUT2D eigenvalue weighted by atomic mass is 16.5. The zero-order valence-corrected chi connectivity index (χ0v) is 21.0. The van der Waals surface area contributed by atoms with E-state index in [4.69, 9.17) is 9.47 Å². The van der Waals surface area contributed by atoms with Crippen molar-refractivity contribution in [3.8, 4) is 17.2 Å². The molecule has 5 aromatic rings. The summed E-state index contributed by atoms with van der Waals surface area (Å²) in [5, 5.41) is 7.03. The summed E-state index contributed by atoms with van der Waals surface area (Å²) in [6, 6.07) is 17.4. The van der Waals surface area contributed by atoms with Crippen LogP contribution in [0.5, 0.6) is 17.2 Å². The van der Waals surface area contributed by atoms with E-state index in [9.17, 15) is 4.79 Å². The number of aromatic nitrogens is 4. The molecule has 0 radical (unpaired) electrons. The Balaban J connectivity index is 1.30. The molecule has 1 amide bonds. The lowest BCUT2D eigenvalue weighted by Gasteiger charge is -2.13. The molecule has 0 aliphatic rings. The van der Waals surface area contributed by atoms with E-state index in [1.165, 1.54) is 6.33 Å². The number of benzene rings is 3. The zero-order chi connectivity index (χ0) is 25.8. The Bertz CT molecular complexity index is 1580. The van der Waals surface area contributed by atoms with Crippen LogP contribution in [-0.2, 0) is 11.8 Å². The van der Waals surface area contributed by atoms with Gasteiger partial charge in [0.15, 0.2) is 0 Å². The van der Waals surface area contributed by atoms with Crippen molar-refractivity contribution >= 4 is 39.3 Å².